The molecule has 0 aromatic heterocycles. The molecule has 2 N–H and O–H groups in total. The van der Waals surface area contributed by atoms with E-state index in [1.165, 1.54) is 0 Å². The first kappa shape index (κ1) is 10.0. The molecule has 0 bridgehead atoms. The van der Waals surface area contributed by atoms with Gasteiger partial charge < -0.3 is 10.6 Å². The molecule has 12 heavy (non-hydrogen) atoms. The van der Waals surface area contributed by atoms with Crippen molar-refractivity contribution < 1.29 is 0 Å². The minimum Gasteiger partial charge on any atom is -0.311 e. The molecule has 0 aliphatic carbocycles. The summed E-state index contributed by atoms with van der Waals surface area (Å²) in [5.74, 6) is 1.45. The monoisotopic (exact) mass is 170 g/mol. The summed E-state index contributed by atoms with van der Waals surface area (Å²) in [7, 11) is 0. The molecule has 2 unspecified atom stereocenters. The number of rotatable bonds is 2. The molecule has 1 aliphatic heterocycles. The van der Waals surface area contributed by atoms with E-state index in [0.29, 0.717) is 12.1 Å². The summed E-state index contributed by atoms with van der Waals surface area (Å²) in [5, 5.41) is 7.17. The van der Waals surface area contributed by atoms with Gasteiger partial charge in [-0.25, -0.2) is 0 Å². The Bertz CT molecular complexity index is 116. The second kappa shape index (κ2) is 4.24. The van der Waals surface area contributed by atoms with Crippen LogP contribution in [-0.2, 0) is 0 Å². The summed E-state index contributed by atoms with van der Waals surface area (Å²) in [6.45, 7) is 11.4. The summed E-state index contributed by atoms with van der Waals surface area (Å²) >= 11 is 0. The van der Waals surface area contributed by atoms with Gasteiger partial charge in [-0.1, -0.05) is 27.7 Å². The van der Waals surface area contributed by atoms with Gasteiger partial charge in [-0.15, -0.1) is 0 Å². The van der Waals surface area contributed by atoms with Crippen LogP contribution in [0, 0.1) is 11.8 Å². The largest absolute Gasteiger partial charge is 0.311 e. The standard InChI is InChI=1S/C10H22N2/c1-7(2)9-10(8(3)4)12-6-5-11-9/h7-12H,5-6H2,1-4H3. The molecule has 0 aromatic rings. The second-order valence-electron chi connectivity index (χ2n) is 4.45. The lowest BCUT2D eigenvalue weighted by atomic mass is 9.87. The molecule has 2 nitrogen and oxygen atoms in total. The van der Waals surface area contributed by atoms with Crippen LogP contribution in [-0.4, -0.2) is 25.2 Å². The summed E-state index contributed by atoms with van der Waals surface area (Å²) in [4.78, 5) is 0. The number of hydrogen-bond donors (Lipinski definition) is 2. The predicted octanol–water partition coefficient (Wildman–Crippen LogP) is 1.23. The molecule has 1 fully saturated rings. The molecule has 72 valence electrons. The SMILES string of the molecule is CC(C)C1NCCNC1C(C)C. The van der Waals surface area contributed by atoms with Crippen LogP contribution in [0.5, 0.6) is 0 Å². The quantitative estimate of drug-likeness (QED) is 0.651. The van der Waals surface area contributed by atoms with E-state index in [1.807, 2.05) is 0 Å². The van der Waals surface area contributed by atoms with Crippen LogP contribution in [0.2, 0.25) is 0 Å². The van der Waals surface area contributed by atoms with Gasteiger partial charge >= 0.3 is 0 Å². The lowest BCUT2D eigenvalue weighted by Crippen LogP contribution is -2.60. The van der Waals surface area contributed by atoms with Crippen molar-refractivity contribution in [3.05, 3.63) is 0 Å². The molecule has 2 heteroatoms. The van der Waals surface area contributed by atoms with Crippen LogP contribution in [0.4, 0.5) is 0 Å². The first-order chi connectivity index (χ1) is 5.63. The van der Waals surface area contributed by atoms with Gasteiger partial charge in [-0.05, 0) is 11.8 Å². The van der Waals surface area contributed by atoms with Crippen LogP contribution >= 0.6 is 0 Å². The van der Waals surface area contributed by atoms with Gasteiger partial charge in [0.2, 0.25) is 0 Å². The Morgan fingerprint density at radius 1 is 0.833 bits per heavy atom. The lowest BCUT2D eigenvalue weighted by molar-refractivity contribution is 0.219. The maximum Gasteiger partial charge on any atom is 0.0247 e. The molecule has 2 atom stereocenters. The van der Waals surface area contributed by atoms with Crippen molar-refractivity contribution in [3.8, 4) is 0 Å². The summed E-state index contributed by atoms with van der Waals surface area (Å²) in [6, 6.07) is 1.30. The highest BCUT2D eigenvalue weighted by molar-refractivity contribution is 4.90. The van der Waals surface area contributed by atoms with Crippen LogP contribution in [0.15, 0.2) is 0 Å². The van der Waals surface area contributed by atoms with E-state index in [0.717, 1.165) is 24.9 Å². The van der Waals surface area contributed by atoms with Crippen LogP contribution in [0.3, 0.4) is 0 Å². The van der Waals surface area contributed by atoms with Crippen LogP contribution in [0.25, 0.3) is 0 Å². The van der Waals surface area contributed by atoms with Crippen molar-refractivity contribution in [1.82, 2.24) is 10.6 Å². The van der Waals surface area contributed by atoms with Crippen molar-refractivity contribution in [2.75, 3.05) is 13.1 Å². The van der Waals surface area contributed by atoms with E-state index >= 15 is 0 Å². The first-order valence-electron chi connectivity index (χ1n) is 5.09. The van der Waals surface area contributed by atoms with Crippen molar-refractivity contribution >= 4 is 0 Å². The highest BCUT2D eigenvalue weighted by Crippen LogP contribution is 2.15. The van der Waals surface area contributed by atoms with Crippen molar-refractivity contribution in [1.29, 1.82) is 0 Å². The highest BCUT2D eigenvalue weighted by atomic mass is 15.1. The first-order valence-corrected chi connectivity index (χ1v) is 5.09. The molecule has 1 heterocycles. The zero-order chi connectivity index (χ0) is 9.14. The number of hydrogen-bond acceptors (Lipinski definition) is 2. The van der Waals surface area contributed by atoms with Crippen molar-refractivity contribution in [2.45, 2.75) is 39.8 Å². The average Bonchev–Trinajstić information content (AvgIpc) is 2.04. The van der Waals surface area contributed by atoms with E-state index in [4.69, 9.17) is 0 Å². The van der Waals surface area contributed by atoms with Gasteiger partial charge in [0.1, 0.15) is 0 Å². The van der Waals surface area contributed by atoms with E-state index in [9.17, 15) is 0 Å². The van der Waals surface area contributed by atoms with Gasteiger partial charge in [0.05, 0.1) is 0 Å². The zero-order valence-electron chi connectivity index (χ0n) is 8.72. The molecule has 1 rings (SSSR count). The molecule has 0 spiro atoms. The van der Waals surface area contributed by atoms with Crippen molar-refractivity contribution in [2.24, 2.45) is 11.8 Å². The Balaban J connectivity index is 2.54. The zero-order valence-corrected chi connectivity index (χ0v) is 8.72. The third-order valence-corrected chi connectivity index (χ3v) is 2.71. The lowest BCUT2D eigenvalue weighted by Gasteiger charge is -2.38. The predicted molar refractivity (Wildman–Crippen MR) is 53.3 cm³/mol. The number of piperazine rings is 1. The van der Waals surface area contributed by atoms with E-state index in [-0.39, 0.29) is 0 Å². The van der Waals surface area contributed by atoms with Gasteiger partial charge in [0.25, 0.3) is 0 Å². The maximum absolute atomic E-state index is 3.59. The fourth-order valence-electron chi connectivity index (χ4n) is 2.03. The minimum atomic E-state index is 0.652. The van der Waals surface area contributed by atoms with Gasteiger partial charge in [0.15, 0.2) is 0 Å². The normalized spacial score (nSPS) is 31.5. The Hall–Kier alpha value is -0.0800. The van der Waals surface area contributed by atoms with E-state index in [1.54, 1.807) is 0 Å². The molecule has 0 radical (unpaired) electrons. The molecule has 1 aliphatic rings. The Morgan fingerprint density at radius 3 is 1.42 bits per heavy atom. The minimum absolute atomic E-state index is 0.652. The summed E-state index contributed by atoms with van der Waals surface area (Å²) < 4.78 is 0. The molecule has 0 saturated carbocycles. The highest BCUT2D eigenvalue weighted by Gasteiger charge is 2.28. The smallest absolute Gasteiger partial charge is 0.0247 e. The van der Waals surface area contributed by atoms with Gasteiger partial charge in [-0.3, -0.25) is 0 Å². The summed E-state index contributed by atoms with van der Waals surface area (Å²) in [6.07, 6.45) is 0. The molecular formula is C10H22N2. The van der Waals surface area contributed by atoms with Crippen molar-refractivity contribution in [3.63, 3.8) is 0 Å². The second-order valence-corrected chi connectivity index (χ2v) is 4.45. The Morgan fingerprint density at radius 2 is 1.17 bits per heavy atom. The average molecular weight is 170 g/mol. The molecular weight excluding hydrogens is 148 g/mol. The van der Waals surface area contributed by atoms with Crippen LogP contribution < -0.4 is 10.6 Å². The fraction of sp³-hybridized carbons (Fsp3) is 1.00. The molecule has 1 saturated heterocycles. The Kier molecular flexibility index (Phi) is 3.53. The molecule has 0 amide bonds. The topological polar surface area (TPSA) is 24.1 Å². The fourth-order valence-corrected chi connectivity index (χ4v) is 2.03. The third kappa shape index (κ3) is 2.20. The third-order valence-electron chi connectivity index (χ3n) is 2.71. The number of nitrogens with one attached hydrogen (secondary N) is 2. The maximum atomic E-state index is 3.59. The van der Waals surface area contributed by atoms with E-state index in [2.05, 4.69) is 38.3 Å². The molecule has 0 aromatic carbocycles. The van der Waals surface area contributed by atoms with E-state index < -0.39 is 0 Å². The van der Waals surface area contributed by atoms with Gasteiger partial charge in [-0.2, -0.15) is 0 Å². The summed E-state index contributed by atoms with van der Waals surface area (Å²) in [5.41, 5.74) is 0. The Labute approximate surface area is 76.1 Å². The van der Waals surface area contributed by atoms with Gasteiger partial charge in [0, 0.05) is 25.2 Å². The van der Waals surface area contributed by atoms with Crippen LogP contribution in [0.1, 0.15) is 27.7 Å².